The van der Waals surface area contributed by atoms with Gasteiger partial charge in [-0.25, -0.2) is 4.79 Å². The van der Waals surface area contributed by atoms with Crippen LogP contribution in [-0.4, -0.2) is 43.8 Å². The first kappa shape index (κ1) is 16.0. The largest absolute Gasteiger partial charge is 0.466 e. The van der Waals surface area contributed by atoms with Crippen molar-refractivity contribution in [3.05, 3.63) is 11.6 Å². The quantitative estimate of drug-likeness (QED) is 0.537. The van der Waals surface area contributed by atoms with Crippen LogP contribution in [0.5, 0.6) is 0 Å². The molecule has 0 aliphatic rings. The lowest BCUT2D eigenvalue weighted by Crippen LogP contribution is -2.34. The molecule has 0 radical (unpaired) electrons. The molecule has 0 bridgehead atoms. The van der Waals surface area contributed by atoms with Crippen LogP contribution in [0.2, 0.25) is 0 Å². The zero-order valence-electron chi connectivity index (χ0n) is 10.3. The number of alkyl halides is 3. The van der Waals surface area contributed by atoms with Crippen LogP contribution in [0.3, 0.4) is 0 Å². The third-order valence-electron chi connectivity index (χ3n) is 2.27. The van der Waals surface area contributed by atoms with Crippen LogP contribution in [-0.2, 0) is 9.53 Å². The molecule has 0 saturated heterocycles. The number of hydrogen-bond donors (Lipinski definition) is 0. The molecule has 0 aliphatic carbocycles. The highest BCUT2D eigenvalue weighted by Gasteiger charge is 2.29. The van der Waals surface area contributed by atoms with Gasteiger partial charge in [-0.15, -0.1) is 0 Å². The smallest absolute Gasteiger partial charge is 0.401 e. The molecule has 0 atom stereocenters. The molecular weight excluding hydrogens is 235 g/mol. The van der Waals surface area contributed by atoms with Gasteiger partial charge in [0.2, 0.25) is 0 Å². The molecule has 0 aromatic carbocycles. The van der Waals surface area contributed by atoms with Gasteiger partial charge in [0.15, 0.2) is 0 Å². The zero-order chi connectivity index (χ0) is 13.5. The summed E-state index contributed by atoms with van der Waals surface area (Å²) in [6.07, 6.45) is -2.29. The van der Waals surface area contributed by atoms with E-state index in [0.717, 1.165) is 0 Å². The van der Waals surface area contributed by atoms with E-state index in [-0.39, 0.29) is 13.1 Å². The molecule has 0 fully saturated rings. The molecular formula is C11H18F3NO2. The number of ether oxygens (including phenoxy) is 1. The van der Waals surface area contributed by atoms with Gasteiger partial charge in [-0.2, -0.15) is 13.2 Å². The van der Waals surface area contributed by atoms with E-state index in [4.69, 9.17) is 0 Å². The molecule has 0 saturated carbocycles. The standard InChI is InChI=1S/C11H18F3NO2/c1-4-9(10(16)17-3)6-7-15(5-2)8-11(12,13)14/h6H,4-5,7-8H2,1-3H3. The summed E-state index contributed by atoms with van der Waals surface area (Å²) in [5.74, 6) is -0.490. The van der Waals surface area contributed by atoms with Gasteiger partial charge in [0.05, 0.1) is 13.7 Å². The van der Waals surface area contributed by atoms with Gasteiger partial charge in [-0.3, -0.25) is 4.90 Å². The van der Waals surface area contributed by atoms with Gasteiger partial charge >= 0.3 is 12.1 Å². The average Bonchev–Trinajstić information content (AvgIpc) is 2.26. The van der Waals surface area contributed by atoms with Gasteiger partial charge in [-0.1, -0.05) is 19.9 Å². The highest BCUT2D eigenvalue weighted by Crippen LogP contribution is 2.16. The highest BCUT2D eigenvalue weighted by molar-refractivity contribution is 5.88. The van der Waals surface area contributed by atoms with Gasteiger partial charge in [0.1, 0.15) is 0 Å². The van der Waals surface area contributed by atoms with Crippen molar-refractivity contribution in [2.75, 3.05) is 26.7 Å². The van der Waals surface area contributed by atoms with Crippen molar-refractivity contribution in [3.8, 4) is 0 Å². The van der Waals surface area contributed by atoms with Crippen LogP contribution in [0.4, 0.5) is 13.2 Å². The second-order valence-corrected chi connectivity index (χ2v) is 3.52. The molecule has 0 rings (SSSR count). The summed E-state index contributed by atoms with van der Waals surface area (Å²) in [6, 6.07) is 0. The van der Waals surface area contributed by atoms with Crippen molar-refractivity contribution in [3.63, 3.8) is 0 Å². The van der Waals surface area contributed by atoms with Crippen LogP contribution in [0.1, 0.15) is 20.3 Å². The number of methoxy groups -OCH3 is 1. The first-order chi connectivity index (χ1) is 7.84. The predicted molar refractivity (Wildman–Crippen MR) is 58.6 cm³/mol. The highest BCUT2D eigenvalue weighted by atomic mass is 19.4. The van der Waals surface area contributed by atoms with Crippen LogP contribution >= 0.6 is 0 Å². The number of nitrogens with zero attached hydrogens (tertiary/aromatic N) is 1. The number of halogens is 3. The third kappa shape index (κ3) is 6.99. The van der Waals surface area contributed by atoms with E-state index in [1.165, 1.54) is 18.1 Å². The van der Waals surface area contributed by atoms with Crippen molar-refractivity contribution in [1.29, 1.82) is 0 Å². The number of carbonyl (C=O) groups is 1. The molecule has 0 heterocycles. The van der Waals surface area contributed by atoms with E-state index < -0.39 is 18.7 Å². The first-order valence-electron chi connectivity index (χ1n) is 5.40. The molecule has 0 N–H and O–H groups in total. The Bertz CT molecular complexity index is 274. The Morgan fingerprint density at radius 3 is 2.29 bits per heavy atom. The van der Waals surface area contributed by atoms with Gasteiger partial charge < -0.3 is 4.74 Å². The average molecular weight is 253 g/mol. The fourth-order valence-corrected chi connectivity index (χ4v) is 1.30. The van der Waals surface area contributed by atoms with Gasteiger partial charge in [0, 0.05) is 12.1 Å². The number of rotatable bonds is 6. The number of hydrogen-bond acceptors (Lipinski definition) is 3. The summed E-state index contributed by atoms with van der Waals surface area (Å²) < 4.78 is 41.0. The summed E-state index contributed by atoms with van der Waals surface area (Å²) in [5, 5.41) is 0. The Balaban J connectivity index is 4.47. The van der Waals surface area contributed by atoms with Crippen molar-refractivity contribution in [1.82, 2.24) is 4.90 Å². The monoisotopic (exact) mass is 253 g/mol. The lowest BCUT2D eigenvalue weighted by Gasteiger charge is -2.20. The molecule has 6 heteroatoms. The normalized spacial score (nSPS) is 13.0. The lowest BCUT2D eigenvalue weighted by molar-refractivity contribution is -0.144. The van der Waals surface area contributed by atoms with E-state index in [0.29, 0.717) is 12.0 Å². The minimum Gasteiger partial charge on any atom is -0.466 e. The van der Waals surface area contributed by atoms with Crippen LogP contribution in [0.25, 0.3) is 0 Å². The van der Waals surface area contributed by atoms with Gasteiger partial charge in [0.25, 0.3) is 0 Å². The van der Waals surface area contributed by atoms with Crippen LogP contribution < -0.4 is 0 Å². The topological polar surface area (TPSA) is 29.5 Å². The Morgan fingerprint density at radius 1 is 1.35 bits per heavy atom. The second kappa shape index (κ2) is 7.32. The summed E-state index contributed by atoms with van der Waals surface area (Å²) >= 11 is 0. The van der Waals surface area contributed by atoms with Crippen LogP contribution in [0, 0.1) is 0 Å². The number of likely N-dealkylation sites (N-methyl/N-ethyl adjacent to an activating group) is 1. The maximum Gasteiger partial charge on any atom is 0.401 e. The van der Waals surface area contributed by atoms with Crippen molar-refractivity contribution in [2.45, 2.75) is 26.4 Å². The molecule has 17 heavy (non-hydrogen) atoms. The third-order valence-corrected chi connectivity index (χ3v) is 2.27. The van der Waals surface area contributed by atoms with Crippen molar-refractivity contribution < 1.29 is 22.7 Å². The zero-order valence-corrected chi connectivity index (χ0v) is 10.3. The lowest BCUT2D eigenvalue weighted by atomic mass is 10.2. The summed E-state index contributed by atoms with van der Waals surface area (Å²) in [5.41, 5.74) is 0.396. The predicted octanol–water partition coefficient (Wildman–Crippen LogP) is 2.38. The Kier molecular flexibility index (Phi) is 6.87. The molecule has 0 aromatic rings. The second-order valence-electron chi connectivity index (χ2n) is 3.52. The van der Waals surface area contributed by atoms with Crippen molar-refractivity contribution >= 4 is 5.97 Å². The minimum absolute atomic E-state index is 0.0916. The molecule has 0 aromatic heterocycles. The Morgan fingerprint density at radius 2 is 1.94 bits per heavy atom. The molecule has 0 amide bonds. The molecule has 0 spiro atoms. The Hall–Kier alpha value is -1.04. The number of carbonyl (C=O) groups excluding carboxylic acids is 1. The SMILES string of the molecule is CCC(=CCN(CC)CC(F)(F)F)C(=O)OC. The van der Waals surface area contributed by atoms with E-state index in [9.17, 15) is 18.0 Å². The molecule has 3 nitrogen and oxygen atoms in total. The maximum absolute atomic E-state index is 12.2. The maximum atomic E-state index is 12.2. The summed E-state index contributed by atoms with van der Waals surface area (Å²) in [6.45, 7) is 2.78. The summed E-state index contributed by atoms with van der Waals surface area (Å²) in [7, 11) is 1.25. The van der Waals surface area contributed by atoms with Crippen molar-refractivity contribution in [2.24, 2.45) is 0 Å². The van der Waals surface area contributed by atoms with E-state index >= 15 is 0 Å². The minimum atomic E-state index is -4.22. The molecule has 100 valence electrons. The summed E-state index contributed by atoms with van der Waals surface area (Å²) in [4.78, 5) is 12.4. The van der Waals surface area contributed by atoms with Crippen LogP contribution in [0.15, 0.2) is 11.6 Å². The molecule has 0 unspecified atom stereocenters. The van der Waals surface area contributed by atoms with E-state index in [1.807, 2.05) is 0 Å². The first-order valence-corrected chi connectivity index (χ1v) is 5.40. The fourth-order valence-electron chi connectivity index (χ4n) is 1.30. The fraction of sp³-hybridized carbons (Fsp3) is 0.727. The molecule has 0 aliphatic heterocycles. The van der Waals surface area contributed by atoms with E-state index in [2.05, 4.69) is 4.74 Å². The Labute approximate surface area is 99.2 Å². The van der Waals surface area contributed by atoms with Gasteiger partial charge in [-0.05, 0) is 13.0 Å². The van der Waals surface area contributed by atoms with E-state index in [1.54, 1.807) is 13.8 Å². The number of esters is 1.